The van der Waals surface area contributed by atoms with Gasteiger partial charge in [0.25, 0.3) is 5.91 Å². The van der Waals surface area contributed by atoms with Crippen molar-refractivity contribution in [1.82, 2.24) is 14.9 Å². The number of aromatic nitrogens is 2. The summed E-state index contributed by atoms with van der Waals surface area (Å²) in [6.07, 6.45) is -3.22. The standard InChI is InChI=1S/C29H28F4N4O3/c1-16-11-20(6-7-21(16)28(39)36-19-4-5-19)37-15-35-26-23(34-10-9-29(31,32)33)13-18(14-24(26)37)27(38)17-3-8-25(40-2)22(30)12-17/h3,6-8,11-15,19,27,34,38H,4-5,9-10H2,1-2H3,(H,36,39). The summed E-state index contributed by atoms with van der Waals surface area (Å²) in [5.41, 5.74) is 3.73. The molecule has 7 nitrogen and oxygen atoms in total. The second-order valence-corrected chi connectivity index (χ2v) is 9.89. The summed E-state index contributed by atoms with van der Waals surface area (Å²) in [5.74, 6) is -0.783. The fourth-order valence-electron chi connectivity index (χ4n) is 4.56. The number of fused-ring (bicyclic) bond motifs is 1. The number of aryl methyl sites for hydroxylation is 1. The number of halogens is 4. The van der Waals surface area contributed by atoms with Crippen molar-refractivity contribution in [3.63, 3.8) is 0 Å². The Morgan fingerprint density at radius 3 is 2.58 bits per heavy atom. The van der Waals surface area contributed by atoms with Gasteiger partial charge in [0.05, 0.1) is 24.7 Å². The molecule has 11 heteroatoms. The number of carbonyl (C=O) groups is 1. The number of imidazole rings is 1. The predicted molar refractivity (Wildman–Crippen MR) is 142 cm³/mol. The molecule has 1 heterocycles. The normalized spacial score (nSPS) is 14.3. The molecule has 1 aliphatic carbocycles. The minimum absolute atomic E-state index is 0.0172. The molecule has 1 aromatic heterocycles. The summed E-state index contributed by atoms with van der Waals surface area (Å²) in [4.78, 5) is 17.0. The van der Waals surface area contributed by atoms with E-state index in [-0.39, 0.29) is 23.3 Å². The monoisotopic (exact) mass is 556 g/mol. The van der Waals surface area contributed by atoms with E-state index in [9.17, 15) is 27.5 Å². The zero-order chi connectivity index (χ0) is 28.6. The molecule has 3 N–H and O–H groups in total. The Morgan fingerprint density at radius 2 is 1.93 bits per heavy atom. The van der Waals surface area contributed by atoms with Crippen LogP contribution in [0.2, 0.25) is 0 Å². The van der Waals surface area contributed by atoms with E-state index in [1.54, 1.807) is 22.8 Å². The largest absolute Gasteiger partial charge is 0.494 e. The number of methoxy groups -OCH3 is 1. The molecule has 0 radical (unpaired) electrons. The minimum atomic E-state index is -4.35. The Labute approximate surface area is 227 Å². The van der Waals surface area contributed by atoms with Crippen molar-refractivity contribution in [2.24, 2.45) is 0 Å². The Balaban J connectivity index is 1.54. The Hall–Kier alpha value is -4.12. The van der Waals surface area contributed by atoms with Crippen LogP contribution in [0.3, 0.4) is 0 Å². The summed E-state index contributed by atoms with van der Waals surface area (Å²) >= 11 is 0. The number of carbonyl (C=O) groups excluding carboxylic acids is 1. The molecule has 1 unspecified atom stereocenters. The molecule has 5 rings (SSSR count). The molecule has 3 aromatic carbocycles. The predicted octanol–water partition coefficient (Wildman–Crippen LogP) is 5.82. The molecule has 1 atom stereocenters. The number of nitrogens with one attached hydrogen (secondary N) is 2. The SMILES string of the molecule is COc1ccc(C(O)c2cc(NCCC(F)(F)F)c3ncn(-c4ccc(C(=O)NC5CC5)c(C)c4)c3c2)cc1F. The number of hydrogen-bond acceptors (Lipinski definition) is 5. The topological polar surface area (TPSA) is 88.4 Å². The van der Waals surface area contributed by atoms with E-state index in [1.807, 2.05) is 13.0 Å². The molecular weight excluding hydrogens is 528 g/mol. The number of ether oxygens (including phenoxy) is 1. The van der Waals surface area contributed by atoms with Crippen molar-refractivity contribution in [1.29, 1.82) is 0 Å². The zero-order valence-electron chi connectivity index (χ0n) is 21.8. The van der Waals surface area contributed by atoms with Crippen molar-refractivity contribution in [2.75, 3.05) is 19.0 Å². The lowest BCUT2D eigenvalue weighted by atomic mass is 9.99. The highest BCUT2D eigenvalue weighted by atomic mass is 19.4. The number of nitrogens with zero attached hydrogens (tertiary/aromatic N) is 2. The van der Waals surface area contributed by atoms with Crippen LogP contribution in [0.5, 0.6) is 5.75 Å². The van der Waals surface area contributed by atoms with Gasteiger partial charge in [0.15, 0.2) is 11.6 Å². The van der Waals surface area contributed by atoms with Gasteiger partial charge in [-0.3, -0.25) is 9.36 Å². The first kappa shape index (κ1) is 27.4. The fraction of sp³-hybridized carbons (Fsp3) is 0.310. The van der Waals surface area contributed by atoms with Crippen molar-refractivity contribution in [3.8, 4) is 11.4 Å². The number of aliphatic hydroxyl groups excluding tert-OH is 1. The van der Waals surface area contributed by atoms with Gasteiger partial charge in [-0.25, -0.2) is 9.37 Å². The lowest BCUT2D eigenvalue weighted by Crippen LogP contribution is -2.26. The number of anilines is 1. The van der Waals surface area contributed by atoms with Crippen molar-refractivity contribution in [3.05, 3.63) is 82.9 Å². The maximum Gasteiger partial charge on any atom is 0.390 e. The van der Waals surface area contributed by atoms with Crippen LogP contribution in [0.4, 0.5) is 23.2 Å². The number of amides is 1. The quantitative estimate of drug-likeness (QED) is 0.226. The van der Waals surface area contributed by atoms with Crippen LogP contribution in [0.15, 0.2) is 54.9 Å². The molecule has 210 valence electrons. The summed E-state index contributed by atoms with van der Waals surface area (Å²) in [5, 5.41) is 16.9. The summed E-state index contributed by atoms with van der Waals surface area (Å²) in [6, 6.07) is 12.7. The molecule has 1 aliphatic rings. The average molecular weight is 557 g/mol. The second-order valence-electron chi connectivity index (χ2n) is 9.89. The molecule has 1 fully saturated rings. The third-order valence-corrected chi connectivity index (χ3v) is 6.85. The Kier molecular flexibility index (Phi) is 7.41. The third-order valence-electron chi connectivity index (χ3n) is 6.85. The Bertz CT molecular complexity index is 1560. The van der Waals surface area contributed by atoms with Gasteiger partial charge in [-0.05, 0) is 78.9 Å². The highest BCUT2D eigenvalue weighted by Gasteiger charge is 2.27. The molecule has 1 saturated carbocycles. The lowest BCUT2D eigenvalue weighted by Gasteiger charge is -2.17. The zero-order valence-corrected chi connectivity index (χ0v) is 21.8. The van der Waals surface area contributed by atoms with E-state index < -0.39 is 31.1 Å². The lowest BCUT2D eigenvalue weighted by molar-refractivity contribution is -0.131. The van der Waals surface area contributed by atoms with Crippen LogP contribution in [-0.4, -0.2) is 46.4 Å². The molecule has 4 aromatic rings. The van der Waals surface area contributed by atoms with Gasteiger partial charge in [0, 0.05) is 23.8 Å². The fourth-order valence-corrected chi connectivity index (χ4v) is 4.56. The molecule has 0 bridgehead atoms. The Morgan fingerprint density at radius 1 is 1.15 bits per heavy atom. The number of hydrogen-bond donors (Lipinski definition) is 3. The number of benzene rings is 3. The third kappa shape index (κ3) is 5.89. The molecule has 0 spiro atoms. The van der Waals surface area contributed by atoms with E-state index in [2.05, 4.69) is 15.6 Å². The van der Waals surface area contributed by atoms with Gasteiger partial charge in [-0.15, -0.1) is 0 Å². The van der Waals surface area contributed by atoms with Crippen molar-refractivity contribution < 1.29 is 32.2 Å². The smallest absolute Gasteiger partial charge is 0.390 e. The summed E-state index contributed by atoms with van der Waals surface area (Å²) in [7, 11) is 1.33. The first-order chi connectivity index (χ1) is 19.0. The summed E-state index contributed by atoms with van der Waals surface area (Å²) < 4.78 is 59.6. The van der Waals surface area contributed by atoms with Gasteiger partial charge in [0.2, 0.25) is 0 Å². The van der Waals surface area contributed by atoms with Gasteiger partial charge < -0.3 is 20.5 Å². The first-order valence-electron chi connectivity index (χ1n) is 12.8. The van der Waals surface area contributed by atoms with Crippen molar-refractivity contribution >= 4 is 22.6 Å². The van der Waals surface area contributed by atoms with E-state index in [0.29, 0.717) is 33.5 Å². The highest BCUT2D eigenvalue weighted by Crippen LogP contribution is 2.34. The van der Waals surface area contributed by atoms with E-state index in [4.69, 9.17) is 4.74 Å². The van der Waals surface area contributed by atoms with Crippen LogP contribution < -0.4 is 15.4 Å². The van der Waals surface area contributed by atoms with E-state index >= 15 is 0 Å². The molecule has 1 amide bonds. The van der Waals surface area contributed by atoms with Crippen LogP contribution in [0.25, 0.3) is 16.7 Å². The maximum absolute atomic E-state index is 14.4. The average Bonchev–Trinajstić information content (AvgIpc) is 3.61. The van der Waals surface area contributed by atoms with E-state index in [0.717, 1.165) is 24.5 Å². The number of aliphatic hydroxyl groups is 1. The highest BCUT2D eigenvalue weighted by molar-refractivity contribution is 5.96. The first-order valence-corrected chi connectivity index (χ1v) is 12.8. The van der Waals surface area contributed by atoms with Gasteiger partial charge in [-0.1, -0.05) is 6.07 Å². The molecule has 0 aliphatic heterocycles. The molecular formula is C29H28F4N4O3. The maximum atomic E-state index is 14.4. The molecule has 40 heavy (non-hydrogen) atoms. The van der Waals surface area contributed by atoms with Gasteiger partial charge in [0.1, 0.15) is 17.9 Å². The van der Waals surface area contributed by atoms with Crippen LogP contribution in [0, 0.1) is 12.7 Å². The minimum Gasteiger partial charge on any atom is -0.494 e. The number of rotatable bonds is 9. The number of alkyl halides is 3. The van der Waals surface area contributed by atoms with E-state index in [1.165, 1.54) is 31.6 Å². The summed E-state index contributed by atoms with van der Waals surface area (Å²) in [6.45, 7) is 1.42. The van der Waals surface area contributed by atoms with Crippen molar-refractivity contribution in [2.45, 2.75) is 44.5 Å². The van der Waals surface area contributed by atoms with Crippen LogP contribution in [0.1, 0.15) is 52.4 Å². The van der Waals surface area contributed by atoms with Gasteiger partial charge >= 0.3 is 6.18 Å². The van der Waals surface area contributed by atoms with Crippen LogP contribution in [-0.2, 0) is 0 Å². The second kappa shape index (κ2) is 10.8. The van der Waals surface area contributed by atoms with Gasteiger partial charge in [-0.2, -0.15) is 13.2 Å². The van der Waals surface area contributed by atoms with Crippen LogP contribution >= 0.6 is 0 Å². The molecule has 0 saturated heterocycles.